The Morgan fingerprint density at radius 2 is 2.10 bits per heavy atom. The molecule has 1 aromatic heterocycles. The number of hydrogen-bond donors (Lipinski definition) is 3. The van der Waals surface area contributed by atoms with Crippen LogP contribution in [0.4, 0.5) is 18.0 Å². The van der Waals surface area contributed by atoms with Gasteiger partial charge in [0.1, 0.15) is 6.54 Å². The number of aromatic nitrogens is 2. The van der Waals surface area contributed by atoms with Gasteiger partial charge in [-0.3, -0.25) is 14.8 Å². The lowest BCUT2D eigenvalue weighted by Gasteiger charge is -2.24. The van der Waals surface area contributed by atoms with Crippen molar-refractivity contribution in [3.05, 3.63) is 17.5 Å². The standard InChI is InChI=1S/C10H12F3N5O2/c1-5-6(2-15-18(5)4-10(11,12)13)9(3-14)7(19)16-8(20)17-9/h2H,3-4,14H2,1H3,(H2,16,17,19,20). The summed E-state index contributed by atoms with van der Waals surface area (Å²) >= 11 is 0. The highest BCUT2D eigenvalue weighted by molar-refractivity contribution is 6.07. The van der Waals surface area contributed by atoms with Gasteiger partial charge in [-0.2, -0.15) is 18.3 Å². The van der Waals surface area contributed by atoms with Gasteiger partial charge in [0, 0.05) is 17.8 Å². The monoisotopic (exact) mass is 291 g/mol. The van der Waals surface area contributed by atoms with Gasteiger partial charge >= 0.3 is 12.2 Å². The normalized spacial score (nSPS) is 22.9. The maximum absolute atomic E-state index is 12.4. The molecule has 1 aliphatic heterocycles. The zero-order chi connectivity index (χ0) is 15.1. The Balaban J connectivity index is 2.43. The highest BCUT2D eigenvalue weighted by Gasteiger charge is 2.48. The van der Waals surface area contributed by atoms with E-state index in [0.29, 0.717) is 4.68 Å². The lowest BCUT2D eigenvalue weighted by molar-refractivity contribution is -0.142. The first-order chi connectivity index (χ1) is 9.19. The number of halogens is 3. The molecule has 1 aromatic rings. The molecule has 1 unspecified atom stereocenters. The summed E-state index contributed by atoms with van der Waals surface area (Å²) in [5, 5.41) is 7.96. The van der Waals surface area contributed by atoms with Crippen molar-refractivity contribution in [2.75, 3.05) is 6.54 Å². The fourth-order valence-corrected chi connectivity index (χ4v) is 2.13. The number of hydrogen-bond acceptors (Lipinski definition) is 4. The van der Waals surface area contributed by atoms with Crippen LogP contribution in [0.3, 0.4) is 0 Å². The SMILES string of the molecule is Cc1c(C2(CN)NC(=O)NC2=O)cnn1CC(F)(F)F. The van der Waals surface area contributed by atoms with Crippen LogP contribution in [0.15, 0.2) is 6.20 Å². The fourth-order valence-electron chi connectivity index (χ4n) is 2.13. The molecule has 3 amide bonds. The van der Waals surface area contributed by atoms with E-state index in [1.807, 2.05) is 5.32 Å². The molecule has 1 saturated heterocycles. The van der Waals surface area contributed by atoms with E-state index in [2.05, 4.69) is 10.4 Å². The van der Waals surface area contributed by atoms with Crippen molar-refractivity contribution in [3.8, 4) is 0 Å². The number of imide groups is 1. The summed E-state index contributed by atoms with van der Waals surface area (Å²) in [5.74, 6) is -0.709. The quantitative estimate of drug-likeness (QED) is 0.668. The average Bonchev–Trinajstić information content (AvgIpc) is 2.80. The highest BCUT2D eigenvalue weighted by Crippen LogP contribution is 2.28. The maximum Gasteiger partial charge on any atom is 0.408 e. The van der Waals surface area contributed by atoms with Crippen molar-refractivity contribution in [3.63, 3.8) is 0 Å². The van der Waals surface area contributed by atoms with Crippen LogP contribution in [0.2, 0.25) is 0 Å². The average molecular weight is 291 g/mol. The van der Waals surface area contributed by atoms with Crippen LogP contribution in [0.1, 0.15) is 11.3 Å². The van der Waals surface area contributed by atoms with Gasteiger partial charge in [-0.25, -0.2) is 4.79 Å². The van der Waals surface area contributed by atoms with E-state index in [0.717, 1.165) is 6.20 Å². The van der Waals surface area contributed by atoms with Gasteiger partial charge in [-0.15, -0.1) is 0 Å². The molecule has 10 heteroatoms. The van der Waals surface area contributed by atoms with Crippen molar-refractivity contribution >= 4 is 11.9 Å². The molecule has 2 rings (SSSR count). The first kappa shape index (κ1) is 14.3. The lowest BCUT2D eigenvalue weighted by Crippen LogP contribution is -2.50. The molecule has 110 valence electrons. The zero-order valence-corrected chi connectivity index (χ0v) is 10.4. The molecule has 0 saturated carbocycles. The van der Waals surface area contributed by atoms with Crippen LogP contribution in [-0.2, 0) is 16.9 Å². The van der Waals surface area contributed by atoms with E-state index in [9.17, 15) is 22.8 Å². The predicted octanol–water partition coefficient (Wildman–Crippen LogP) is -0.253. The van der Waals surface area contributed by atoms with Gasteiger partial charge in [0.2, 0.25) is 0 Å². The summed E-state index contributed by atoms with van der Waals surface area (Å²) in [6, 6.07) is -0.747. The van der Waals surface area contributed by atoms with Crippen molar-refractivity contribution in [2.45, 2.75) is 25.2 Å². The second-order valence-electron chi connectivity index (χ2n) is 4.43. The minimum atomic E-state index is -4.44. The van der Waals surface area contributed by atoms with Gasteiger partial charge in [-0.05, 0) is 6.92 Å². The fraction of sp³-hybridized carbons (Fsp3) is 0.500. The van der Waals surface area contributed by atoms with E-state index in [-0.39, 0.29) is 17.8 Å². The lowest BCUT2D eigenvalue weighted by atomic mass is 9.90. The summed E-state index contributed by atoms with van der Waals surface area (Å²) in [4.78, 5) is 23.1. The number of urea groups is 1. The molecule has 1 atom stereocenters. The third-order valence-corrected chi connectivity index (χ3v) is 3.14. The van der Waals surface area contributed by atoms with Crippen LogP contribution >= 0.6 is 0 Å². The Morgan fingerprint density at radius 3 is 2.55 bits per heavy atom. The third kappa shape index (κ3) is 2.22. The molecular weight excluding hydrogens is 279 g/mol. The van der Waals surface area contributed by atoms with Crippen LogP contribution in [0.25, 0.3) is 0 Å². The minimum Gasteiger partial charge on any atom is -0.327 e. The van der Waals surface area contributed by atoms with E-state index in [1.165, 1.54) is 6.92 Å². The Hall–Kier alpha value is -2.10. The number of amides is 3. The summed E-state index contributed by atoms with van der Waals surface area (Å²) < 4.78 is 37.9. The van der Waals surface area contributed by atoms with Gasteiger partial charge in [0.05, 0.1) is 6.20 Å². The van der Waals surface area contributed by atoms with Crippen molar-refractivity contribution in [1.82, 2.24) is 20.4 Å². The number of rotatable bonds is 3. The summed E-state index contributed by atoms with van der Waals surface area (Å²) in [7, 11) is 0. The molecular formula is C10H12F3N5O2. The van der Waals surface area contributed by atoms with Gasteiger partial charge in [0.15, 0.2) is 5.54 Å². The van der Waals surface area contributed by atoms with E-state index < -0.39 is 30.2 Å². The van der Waals surface area contributed by atoms with Crippen LogP contribution in [-0.4, -0.2) is 34.4 Å². The predicted molar refractivity (Wildman–Crippen MR) is 60.4 cm³/mol. The molecule has 20 heavy (non-hydrogen) atoms. The van der Waals surface area contributed by atoms with Crippen LogP contribution in [0, 0.1) is 6.92 Å². The minimum absolute atomic E-state index is 0.116. The van der Waals surface area contributed by atoms with Crippen molar-refractivity contribution < 1.29 is 22.8 Å². The molecule has 7 nitrogen and oxygen atoms in total. The van der Waals surface area contributed by atoms with Gasteiger partial charge in [0.25, 0.3) is 5.91 Å². The van der Waals surface area contributed by atoms with Crippen LogP contribution in [0.5, 0.6) is 0 Å². The van der Waals surface area contributed by atoms with E-state index >= 15 is 0 Å². The third-order valence-electron chi connectivity index (χ3n) is 3.14. The van der Waals surface area contributed by atoms with E-state index in [4.69, 9.17) is 5.73 Å². The zero-order valence-electron chi connectivity index (χ0n) is 10.4. The number of nitrogens with one attached hydrogen (secondary N) is 2. The van der Waals surface area contributed by atoms with Crippen LogP contribution < -0.4 is 16.4 Å². The molecule has 0 radical (unpaired) electrons. The number of nitrogens with two attached hydrogens (primary N) is 1. The smallest absolute Gasteiger partial charge is 0.327 e. The first-order valence-electron chi connectivity index (χ1n) is 5.63. The topological polar surface area (TPSA) is 102 Å². The van der Waals surface area contributed by atoms with Crippen molar-refractivity contribution in [1.29, 1.82) is 0 Å². The highest BCUT2D eigenvalue weighted by atomic mass is 19.4. The Labute approximate surface area is 111 Å². The molecule has 4 N–H and O–H groups in total. The number of alkyl halides is 3. The molecule has 0 aliphatic carbocycles. The first-order valence-corrected chi connectivity index (χ1v) is 5.63. The second kappa shape index (κ2) is 4.47. The van der Waals surface area contributed by atoms with E-state index in [1.54, 1.807) is 0 Å². The molecule has 0 spiro atoms. The molecule has 0 bridgehead atoms. The molecule has 1 fully saturated rings. The van der Waals surface area contributed by atoms with Crippen molar-refractivity contribution in [2.24, 2.45) is 5.73 Å². The second-order valence-corrected chi connectivity index (χ2v) is 4.43. The molecule has 2 heterocycles. The largest absolute Gasteiger partial charge is 0.408 e. The Bertz CT molecular complexity index is 568. The number of carbonyl (C=O) groups excluding carboxylic acids is 2. The Kier molecular flexibility index (Phi) is 3.20. The summed E-state index contributed by atoms with van der Waals surface area (Å²) in [6.07, 6.45) is -3.33. The van der Waals surface area contributed by atoms with Gasteiger partial charge in [-0.1, -0.05) is 0 Å². The number of nitrogens with zero attached hydrogens (tertiary/aromatic N) is 2. The van der Waals surface area contributed by atoms with Gasteiger partial charge < -0.3 is 11.1 Å². The maximum atomic E-state index is 12.4. The molecule has 1 aliphatic rings. The summed E-state index contributed by atoms with van der Waals surface area (Å²) in [5.41, 5.74) is 4.21. The Morgan fingerprint density at radius 1 is 1.45 bits per heavy atom. The number of carbonyl (C=O) groups is 2. The molecule has 0 aromatic carbocycles. The summed E-state index contributed by atoms with van der Waals surface area (Å²) in [6.45, 7) is -0.193.